The van der Waals surface area contributed by atoms with Crippen molar-refractivity contribution in [2.24, 2.45) is 0 Å². The molecule has 27 aromatic rings. The van der Waals surface area contributed by atoms with E-state index in [0.29, 0.717) is 52.4 Å². The number of thiophene rings is 1. The molecule has 0 N–H and O–H groups in total. The highest BCUT2D eigenvalue weighted by molar-refractivity contribution is 7.26. The lowest BCUT2D eigenvalue weighted by atomic mass is 9.93. The Balaban J connectivity index is 0.000000115. The molecule has 0 unspecified atom stereocenters. The number of hydrogen-bond donors (Lipinski definition) is 0. The van der Waals surface area contributed by atoms with E-state index in [1.807, 2.05) is 114 Å². The van der Waals surface area contributed by atoms with Crippen molar-refractivity contribution in [1.29, 1.82) is 0 Å². The molecule has 0 aliphatic rings. The van der Waals surface area contributed by atoms with Crippen molar-refractivity contribution >= 4 is 86.2 Å². The SMILES string of the molecule is c1ccc(-c2ccc(-c3nc(-c4ccc(-c5cccc6sc7ccccc7c56)cc4)nc(-c4ccc5ccccc5c4)n3)cc2)cc1.c1ccc(-c2ccc(-c3nc(-c4ccc(-c5ccccc5)cc4)nc(-c4cccc(-c5cc(-c6ccccc6)cc6oc7ccccc7c56)c4)n3)cc2)cc1.c1ccc(-c2ccc(-c3nc(-c4ccccc4)nc(-c4cccc5oc6cc(-c7ccccc7)ccc6c45)n3)cc2)cc1. The van der Waals surface area contributed by atoms with Gasteiger partial charge in [-0.3, -0.25) is 0 Å². The third-order valence-electron chi connectivity index (χ3n) is 26.7. The van der Waals surface area contributed by atoms with Crippen LogP contribution in [0.1, 0.15) is 0 Å². The van der Waals surface area contributed by atoms with Gasteiger partial charge in [-0.2, -0.15) is 0 Å². The Hall–Kier alpha value is -19.3. The van der Waals surface area contributed by atoms with Crippen molar-refractivity contribution in [3.63, 3.8) is 0 Å². The molecule has 0 radical (unpaired) electrons. The molecular formula is C133H85N9O2S. The highest BCUT2D eigenvalue weighted by atomic mass is 32.1. The van der Waals surface area contributed by atoms with E-state index in [1.54, 1.807) is 0 Å². The van der Waals surface area contributed by atoms with Gasteiger partial charge in [0.05, 0.1) is 0 Å². The molecule has 0 fully saturated rings. The molecule has 12 heteroatoms. The number of fused-ring (bicyclic) bond motifs is 10. The summed E-state index contributed by atoms with van der Waals surface area (Å²) in [6, 6.07) is 178. The smallest absolute Gasteiger partial charge is 0.164 e. The maximum absolute atomic E-state index is 6.46. The molecule has 0 saturated carbocycles. The maximum Gasteiger partial charge on any atom is 0.164 e. The summed E-state index contributed by atoms with van der Waals surface area (Å²) in [6.07, 6.45) is 0. The maximum atomic E-state index is 6.46. The van der Waals surface area contributed by atoms with Gasteiger partial charge in [0.25, 0.3) is 0 Å². The monoisotopic (exact) mass is 1870 g/mol. The van der Waals surface area contributed by atoms with Crippen LogP contribution in [0.25, 0.3) is 266 Å². The van der Waals surface area contributed by atoms with E-state index in [4.69, 9.17) is 53.7 Å². The summed E-state index contributed by atoms with van der Waals surface area (Å²) in [6.45, 7) is 0. The quantitative estimate of drug-likeness (QED) is 0.0860. The first-order valence-electron chi connectivity index (χ1n) is 48.4. The first-order valence-corrected chi connectivity index (χ1v) is 49.2. The molecule has 11 nitrogen and oxygen atoms in total. The summed E-state index contributed by atoms with van der Waals surface area (Å²) in [5, 5.41) is 9.13. The number of rotatable bonds is 17. The topological polar surface area (TPSA) is 142 Å². The standard InChI is InChI=1S/C51H33N3O.C43H27N3S.C39H25N3O/c1-4-13-34(14-5-1)37-23-27-39(28-24-37)49-52-50(40-29-25-38(26-30-40)35-15-6-2-7-16-35)54-51(53-49)42-20-12-19-41(31-42)45-32-43(36-17-8-3-9-18-36)33-47-48(45)44-21-10-11-22-46(44)55-47;1-2-9-28(10-3-1)30-17-22-32(23-18-30)41-44-42(46-43(45-41)35-26-19-29-11-4-5-12-34(29)27-35)33-24-20-31(21-25-33)36-14-8-16-39-40(36)37-13-6-7-15-38(37)47-39;1-4-11-26(12-5-1)28-19-21-30(22-20-28)38-40-37(29-15-8-3-9-16-29)41-39(42-38)33-17-10-18-34-36(33)32-24-23-31(25-35(32)43-34)27-13-6-2-7-14-27/h1-33H;1-27H;1-25H. The first-order chi connectivity index (χ1) is 71.8. The fraction of sp³-hybridized carbons (Fsp3) is 0. The van der Waals surface area contributed by atoms with Crippen LogP contribution in [0.4, 0.5) is 0 Å². The lowest BCUT2D eigenvalue weighted by molar-refractivity contribution is 0.668. The second-order valence-electron chi connectivity index (χ2n) is 35.8. The number of nitrogens with zero attached hydrogens (tertiary/aromatic N) is 9. The number of benzene rings is 21. The second kappa shape index (κ2) is 38.8. The minimum Gasteiger partial charge on any atom is -0.456 e. The van der Waals surface area contributed by atoms with Gasteiger partial charge in [0.1, 0.15) is 22.3 Å². The minimum atomic E-state index is 0.605. The molecule has 0 saturated heterocycles. The van der Waals surface area contributed by atoms with Crippen LogP contribution >= 0.6 is 11.3 Å². The van der Waals surface area contributed by atoms with Crippen LogP contribution in [0, 0.1) is 0 Å². The van der Waals surface area contributed by atoms with E-state index in [0.717, 1.165) is 166 Å². The minimum absolute atomic E-state index is 0.605. The number of para-hydroxylation sites is 1. The molecular weight excluding hydrogens is 1790 g/mol. The second-order valence-corrected chi connectivity index (χ2v) is 36.9. The van der Waals surface area contributed by atoms with Gasteiger partial charge in [0.15, 0.2) is 52.4 Å². The summed E-state index contributed by atoms with van der Waals surface area (Å²) in [5.74, 6) is 5.65. The number of aromatic nitrogens is 9. The van der Waals surface area contributed by atoms with Crippen molar-refractivity contribution in [2.75, 3.05) is 0 Å². The molecule has 0 spiro atoms. The molecule has 27 rings (SSSR count). The van der Waals surface area contributed by atoms with E-state index in [2.05, 4.69) is 413 Å². The Morgan fingerprint density at radius 3 is 0.924 bits per heavy atom. The zero-order valence-electron chi connectivity index (χ0n) is 78.3. The van der Waals surface area contributed by atoms with E-state index < -0.39 is 0 Å². The molecule has 0 atom stereocenters. The Morgan fingerprint density at radius 2 is 0.428 bits per heavy atom. The molecule has 6 heterocycles. The molecule has 21 aromatic carbocycles. The molecule has 145 heavy (non-hydrogen) atoms. The summed E-state index contributed by atoms with van der Waals surface area (Å²) in [5.41, 5.74) is 30.0. The zero-order valence-corrected chi connectivity index (χ0v) is 79.1. The average molecular weight is 1870 g/mol. The first kappa shape index (κ1) is 87.2. The van der Waals surface area contributed by atoms with Crippen molar-refractivity contribution in [3.05, 3.63) is 516 Å². The Kier molecular flexibility index (Phi) is 23.4. The fourth-order valence-electron chi connectivity index (χ4n) is 19.3. The lowest BCUT2D eigenvalue weighted by Gasteiger charge is -2.12. The highest BCUT2D eigenvalue weighted by Crippen LogP contribution is 2.46. The largest absolute Gasteiger partial charge is 0.456 e. The third-order valence-corrected chi connectivity index (χ3v) is 27.8. The summed E-state index contributed by atoms with van der Waals surface area (Å²) >= 11 is 1.84. The van der Waals surface area contributed by atoms with Crippen LogP contribution < -0.4 is 0 Å². The van der Waals surface area contributed by atoms with Gasteiger partial charge in [0.2, 0.25) is 0 Å². The van der Waals surface area contributed by atoms with Crippen molar-refractivity contribution in [2.45, 2.75) is 0 Å². The van der Waals surface area contributed by atoms with Gasteiger partial charge in [-0.25, -0.2) is 44.9 Å². The highest BCUT2D eigenvalue weighted by Gasteiger charge is 2.24. The Morgan fingerprint density at radius 1 is 0.131 bits per heavy atom. The van der Waals surface area contributed by atoms with Crippen molar-refractivity contribution < 1.29 is 8.83 Å². The summed E-state index contributed by atoms with van der Waals surface area (Å²) in [7, 11) is 0. The van der Waals surface area contributed by atoms with Crippen molar-refractivity contribution in [1.82, 2.24) is 44.9 Å². The third kappa shape index (κ3) is 17.9. The van der Waals surface area contributed by atoms with E-state index in [1.165, 1.54) is 47.8 Å². The Labute approximate surface area is 841 Å². The molecule has 680 valence electrons. The van der Waals surface area contributed by atoms with Crippen LogP contribution in [-0.2, 0) is 0 Å². The lowest BCUT2D eigenvalue weighted by Crippen LogP contribution is -2.00. The molecule has 0 amide bonds. The molecule has 0 bridgehead atoms. The van der Waals surface area contributed by atoms with Gasteiger partial charge in [-0.15, -0.1) is 11.3 Å². The molecule has 0 aliphatic carbocycles. The predicted octanol–water partition coefficient (Wildman–Crippen LogP) is 35.3. The average Bonchev–Trinajstić information content (AvgIpc) is 1.61. The van der Waals surface area contributed by atoms with Gasteiger partial charge in [0, 0.05) is 91.8 Å². The van der Waals surface area contributed by atoms with Crippen LogP contribution in [0.2, 0.25) is 0 Å². The van der Waals surface area contributed by atoms with Gasteiger partial charge >= 0.3 is 0 Å². The Bertz CT molecular complexity index is 9330. The number of hydrogen-bond acceptors (Lipinski definition) is 12. The normalized spacial score (nSPS) is 11.3. The van der Waals surface area contributed by atoms with Gasteiger partial charge in [-0.1, -0.05) is 455 Å². The van der Waals surface area contributed by atoms with Crippen LogP contribution in [0.5, 0.6) is 0 Å². The van der Waals surface area contributed by atoms with Crippen molar-refractivity contribution in [3.8, 4) is 192 Å². The van der Waals surface area contributed by atoms with Crippen LogP contribution in [0.15, 0.2) is 524 Å². The molecule has 6 aromatic heterocycles. The summed E-state index contributed by atoms with van der Waals surface area (Å²) in [4.78, 5) is 45.4. The predicted molar refractivity (Wildman–Crippen MR) is 597 cm³/mol. The summed E-state index contributed by atoms with van der Waals surface area (Å²) < 4.78 is 15.5. The van der Waals surface area contributed by atoms with Gasteiger partial charge < -0.3 is 8.83 Å². The zero-order chi connectivity index (χ0) is 96.3. The van der Waals surface area contributed by atoms with E-state index in [9.17, 15) is 0 Å². The fourth-order valence-corrected chi connectivity index (χ4v) is 20.4. The van der Waals surface area contributed by atoms with Crippen LogP contribution in [0.3, 0.4) is 0 Å². The van der Waals surface area contributed by atoms with E-state index >= 15 is 0 Å². The van der Waals surface area contributed by atoms with Gasteiger partial charge in [-0.05, 0) is 160 Å². The molecule has 0 aliphatic heterocycles. The van der Waals surface area contributed by atoms with E-state index in [-0.39, 0.29) is 0 Å². The van der Waals surface area contributed by atoms with Crippen LogP contribution in [-0.4, -0.2) is 44.9 Å². The number of furan rings is 2.